The van der Waals surface area contributed by atoms with Gasteiger partial charge in [-0.15, -0.1) is 12.1 Å². The maximum Gasteiger partial charge on any atom is 0.155 e. The van der Waals surface area contributed by atoms with Crippen LogP contribution in [0, 0.1) is 24.6 Å². The summed E-state index contributed by atoms with van der Waals surface area (Å²) >= 11 is 0. The summed E-state index contributed by atoms with van der Waals surface area (Å²) in [6.07, 6.45) is 2.80. The van der Waals surface area contributed by atoms with Gasteiger partial charge in [0.05, 0.1) is 5.76 Å². The number of aryl methyl sites for hydroxylation is 1. The number of hydrogen-bond donors (Lipinski definition) is 1. The van der Waals surface area contributed by atoms with Crippen LogP contribution in [0.15, 0.2) is 42.3 Å². The van der Waals surface area contributed by atoms with Crippen LogP contribution in [-0.2, 0) is 25.9 Å². The average molecular weight is 499 g/mol. The van der Waals surface area contributed by atoms with E-state index in [9.17, 15) is 13.6 Å². The van der Waals surface area contributed by atoms with Crippen LogP contribution in [0.1, 0.15) is 19.4 Å². The molecule has 3 nitrogen and oxygen atoms in total. The molecule has 0 atom stereocenters. The molecule has 0 fully saturated rings. The van der Waals surface area contributed by atoms with Gasteiger partial charge in [0.15, 0.2) is 5.78 Å². The molecule has 0 spiro atoms. The smallest absolute Gasteiger partial charge is 0.155 e. The monoisotopic (exact) mass is 499 g/mol. The molecule has 0 unspecified atom stereocenters. The predicted octanol–water partition coefficient (Wildman–Crippen LogP) is 4.17. The maximum atomic E-state index is 13.3. The minimum absolute atomic E-state index is 0. The number of aliphatic hydroxyl groups excluding tert-OH is 1. The molecule has 1 N–H and O–H groups in total. The number of allylic oxidation sites excluding steroid dienone is 2. The largest absolute Gasteiger partial charge is 0.512 e. The summed E-state index contributed by atoms with van der Waals surface area (Å²) in [5.74, 6) is -1.35. The van der Waals surface area contributed by atoms with Crippen LogP contribution in [0.2, 0.25) is 0 Å². The van der Waals surface area contributed by atoms with Gasteiger partial charge >= 0.3 is 0 Å². The third kappa shape index (κ3) is 7.80. The average Bonchev–Trinajstić information content (AvgIpc) is 2.39. The van der Waals surface area contributed by atoms with Gasteiger partial charge in [-0.05, 0) is 32.0 Å². The van der Waals surface area contributed by atoms with E-state index in [-0.39, 0.29) is 38.2 Å². The molecule has 0 saturated carbocycles. The Morgan fingerprint density at radius 3 is 2.35 bits per heavy atom. The Bertz CT molecular complexity index is 681. The molecule has 0 amide bonds. The third-order valence-electron chi connectivity index (χ3n) is 2.44. The molecule has 6 heteroatoms. The molecule has 1 aromatic carbocycles. The van der Waals surface area contributed by atoms with E-state index >= 15 is 0 Å². The van der Waals surface area contributed by atoms with Gasteiger partial charge in [0.25, 0.3) is 0 Å². The number of benzene rings is 1. The van der Waals surface area contributed by atoms with Gasteiger partial charge in [-0.2, -0.15) is 0 Å². The number of hydrogen-bond acceptors (Lipinski definition) is 3. The SMILES string of the molecule is CC(=O)/C=C(/C)O.Cc1ccc(-c2[c-]cc(F)cc2F)nc1.[Pt]. The van der Waals surface area contributed by atoms with Crippen molar-refractivity contribution in [2.24, 2.45) is 0 Å². The van der Waals surface area contributed by atoms with E-state index in [4.69, 9.17) is 5.11 Å². The number of rotatable bonds is 2. The first kappa shape index (κ1) is 21.1. The summed E-state index contributed by atoms with van der Waals surface area (Å²) in [4.78, 5) is 14.1. The zero-order chi connectivity index (χ0) is 16.7. The summed E-state index contributed by atoms with van der Waals surface area (Å²) in [7, 11) is 0. The topological polar surface area (TPSA) is 50.2 Å². The van der Waals surface area contributed by atoms with Crippen molar-refractivity contribution in [3.05, 3.63) is 65.6 Å². The van der Waals surface area contributed by atoms with Crippen molar-refractivity contribution in [3.8, 4) is 11.3 Å². The fraction of sp³-hybridized carbons (Fsp3) is 0.176. The normalized spacial score (nSPS) is 10.2. The van der Waals surface area contributed by atoms with Gasteiger partial charge in [-0.3, -0.25) is 13.6 Å². The molecule has 0 radical (unpaired) electrons. The Hall–Kier alpha value is -1.87. The Morgan fingerprint density at radius 2 is 1.96 bits per heavy atom. The number of aliphatic hydroxyl groups is 1. The van der Waals surface area contributed by atoms with Crippen molar-refractivity contribution < 1.29 is 39.7 Å². The van der Waals surface area contributed by atoms with Crippen molar-refractivity contribution in [3.63, 3.8) is 0 Å². The summed E-state index contributed by atoms with van der Waals surface area (Å²) in [6, 6.07) is 7.95. The predicted molar refractivity (Wildman–Crippen MR) is 80.2 cm³/mol. The summed E-state index contributed by atoms with van der Waals surface area (Å²) in [5, 5.41) is 8.36. The van der Waals surface area contributed by atoms with E-state index < -0.39 is 11.6 Å². The molecule has 2 rings (SSSR count). The van der Waals surface area contributed by atoms with Crippen molar-refractivity contribution in [2.75, 3.05) is 0 Å². The first-order valence-electron chi connectivity index (χ1n) is 6.47. The Balaban J connectivity index is 0.000000522. The quantitative estimate of drug-likeness (QED) is 0.384. The van der Waals surface area contributed by atoms with Crippen molar-refractivity contribution in [1.82, 2.24) is 4.98 Å². The Kier molecular flexibility index (Phi) is 9.19. The van der Waals surface area contributed by atoms with Gasteiger partial charge in [-0.25, -0.2) is 0 Å². The molecule has 0 aliphatic rings. The molecule has 1 aromatic heterocycles. The number of ketones is 1. The van der Waals surface area contributed by atoms with E-state index in [2.05, 4.69) is 11.1 Å². The van der Waals surface area contributed by atoms with E-state index in [0.717, 1.165) is 17.7 Å². The van der Waals surface area contributed by atoms with Crippen molar-refractivity contribution >= 4 is 5.78 Å². The Labute approximate surface area is 148 Å². The van der Waals surface area contributed by atoms with E-state index in [1.807, 2.05) is 13.0 Å². The molecule has 1 heterocycles. The van der Waals surface area contributed by atoms with Gasteiger partial charge in [0.1, 0.15) is 0 Å². The molecule has 126 valence electrons. The number of pyridine rings is 1. The summed E-state index contributed by atoms with van der Waals surface area (Å²) < 4.78 is 26.0. The van der Waals surface area contributed by atoms with Gasteiger partial charge < -0.3 is 10.1 Å². The van der Waals surface area contributed by atoms with E-state index in [1.54, 1.807) is 12.3 Å². The molecule has 2 aromatic rings. The minimum Gasteiger partial charge on any atom is -0.512 e. The van der Waals surface area contributed by atoms with Crippen molar-refractivity contribution in [1.29, 1.82) is 0 Å². The number of aromatic nitrogens is 1. The fourth-order valence-corrected chi connectivity index (χ4v) is 1.55. The van der Waals surface area contributed by atoms with Crippen LogP contribution < -0.4 is 0 Å². The zero-order valence-corrected chi connectivity index (χ0v) is 15.1. The van der Waals surface area contributed by atoms with Gasteiger partial charge in [0, 0.05) is 45.0 Å². The second kappa shape index (κ2) is 10.0. The number of carbonyl (C=O) groups is 1. The molecular weight excluding hydrogens is 483 g/mol. The molecule has 0 aliphatic carbocycles. The maximum absolute atomic E-state index is 13.3. The second-order valence-electron chi connectivity index (χ2n) is 4.66. The van der Waals surface area contributed by atoms with Crippen LogP contribution in [0.5, 0.6) is 0 Å². The summed E-state index contributed by atoms with van der Waals surface area (Å²) in [5.41, 5.74) is 1.63. The Morgan fingerprint density at radius 1 is 1.30 bits per heavy atom. The third-order valence-corrected chi connectivity index (χ3v) is 2.44. The number of carbonyl (C=O) groups excluding carboxylic acids is 1. The standard InChI is InChI=1S/C12H8F2N.C5H8O2.Pt/c1-8-2-5-12(15-7-8)10-4-3-9(13)6-11(10)14;1-4(6)3-5(2)7;/h2-3,5-7H,1H3;3,6H,1-2H3;/q-1;;/b;4-3-;. The minimum atomic E-state index is -0.647. The fourth-order valence-electron chi connectivity index (χ4n) is 1.55. The van der Waals surface area contributed by atoms with Crippen LogP contribution >= 0.6 is 0 Å². The molecular formula is C17H16F2NO2Pt-. The van der Waals surface area contributed by atoms with Crippen LogP contribution in [-0.4, -0.2) is 15.9 Å². The number of halogens is 2. The van der Waals surface area contributed by atoms with Gasteiger partial charge in [-0.1, -0.05) is 23.8 Å². The van der Waals surface area contributed by atoms with Gasteiger partial charge in [0.2, 0.25) is 0 Å². The first-order valence-corrected chi connectivity index (χ1v) is 6.47. The first-order chi connectivity index (χ1) is 10.3. The molecule has 0 saturated heterocycles. The molecule has 0 bridgehead atoms. The van der Waals surface area contributed by atoms with Crippen LogP contribution in [0.4, 0.5) is 8.78 Å². The van der Waals surface area contributed by atoms with E-state index in [1.165, 1.54) is 19.9 Å². The second-order valence-corrected chi connectivity index (χ2v) is 4.66. The van der Waals surface area contributed by atoms with Crippen LogP contribution in [0.3, 0.4) is 0 Å². The molecule has 0 aliphatic heterocycles. The van der Waals surface area contributed by atoms with Crippen molar-refractivity contribution in [2.45, 2.75) is 20.8 Å². The molecule has 23 heavy (non-hydrogen) atoms. The summed E-state index contributed by atoms with van der Waals surface area (Å²) in [6.45, 7) is 4.74. The number of nitrogens with zero attached hydrogens (tertiary/aromatic N) is 1. The zero-order valence-electron chi connectivity index (χ0n) is 12.8. The van der Waals surface area contributed by atoms with Crippen LogP contribution in [0.25, 0.3) is 11.3 Å². The van der Waals surface area contributed by atoms with E-state index in [0.29, 0.717) is 5.69 Å².